The van der Waals surface area contributed by atoms with Crippen molar-refractivity contribution in [3.8, 4) is 0 Å². The van der Waals surface area contributed by atoms with Crippen LogP contribution in [-0.2, 0) is 4.74 Å². The standard InChI is InChI=1S/C15H29NO2/c1-2-4-15-9-14(7-8-18-15)16-10-12-5-3-6-13(12)11-17/h12-17H,2-11H2,1H3. The summed E-state index contributed by atoms with van der Waals surface area (Å²) in [5.41, 5.74) is 0. The van der Waals surface area contributed by atoms with Crippen LogP contribution < -0.4 is 5.32 Å². The van der Waals surface area contributed by atoms with Gasteiger partial charge in [0.2, 0.25) is 0 Å². The molecule has 0 spiro atoms. The average molecular weight is 255 g/mol. The molecule has 2 fully saturated rings. The first-order chi connectivity index (χ1) is 8.83. The van der Waals surface area contributed by atoms with E-state index in [1.54, 1.807) is 0 Å². The molecule has 0 radical (unpaired) electrons. The van der Waals surface area contributed by atoms with Gasteiger partial charge in [-0.3, -0.25) is 0 Å². The van der Waals surface area contributed by atoms with Crippen LogP contribution in [0.15, 0.2) is 0 Å². The summed E-state index contributed by atoms with van der Waals surface area (Å²) in [6.45, 7) is 4.61. The van der Waals surface area contributed by atoms with Gasteiger partial charge in [0.05, 0.1) is 6.10 Å². The topological polar surface area (TPSA) is 41.5 Å². The van der Waals surface area contributed by atoms with E-state index < -0.39 is 0 Å². The van der Waals surface area contributed by atoms with Crippen molar-refractivity contribution in [2.45, 2.75) is 64.0 Å². The zero-order valence-corrected chi connectivity index (χ0v) is 11.7. The van der Waals surface area contributed by atoms with Crippen LogP contribution in [-0.4, -0.2) is 37.0 Å². The number of hydrogen-bond acceptors (Lipinski definition) is 3. The van der Waals surface area contributed by atoms with E-state index in [1.807, 2.05) is 0 Å². The largest absolute Gasteiger partial charge is 0.396 e. The number of rotatable bonds is 6. The zero-order valence-electron chi connectivity index (χ0n) is 11.7. The van der Waals surface area contributed by atoms with Crippen molar-refractivity contribution in [2.75, 3.05) is 19.8 Å². The predicted molar refractivity (Wildman–Crippen MR) is 73.6 cm³/mol. The summed E-state index contributed by atoms with van der Waals surface area (Å²) in [6.07, 6.45) is 9.01. The van der Waals surface area contributed by atoms with Crippen molar-refractivity contribution < 1.29 is 9.84 Å². The highest BCUT2D eigenvalue weighted by atomic mass is 16.5. The molecule has 18 heavy (non-hydrogen) atoms. The van der Waals surface area contributed by atoms with Gasteiger partial charge in [0, 0.05) is 19.3 Å². The molecule has 2 rings (SSSR count). The minimum Gasteiger partial charge on any atom is -0.396 e. The highest BCUT2D eigenvalue weighted by Gasteiger charge is 2.28. The quantitative estimate of drug-likeness (QED) is 0.765. The minimum atomic E-state index is 0.374. The molecule has 106 valence electrons. The Bertz CT molecular complexity index is 233. The Hall–Kier alpha value is -0.120. The Morgan fingerprint density at radius 3 is 2.83 bits per heavy atom. The maximum Gasteiger partial charge on any atom is 0.0589 e. The first-order valence-electron chi connectivity index (χ1n) is 7.79. The van der Waals surface area contributed by atoms with Crippen LogP contribution >= 0.6 is 0 Å². The summed E-state index contributed by atoms with van der Waals surface area (Å²) in [5.74, 6) is 1.24. The fourth-order valence-electron chi connectivity index (χ4n) is 3.53. The van der Waals surface area contributed by atoms with Gasteiger partial charge in [-0.05, 0) is 50.5 Å². The molecule has 0 aromatic rings. The highest BCUT2D eigenvalue weighted by Crippen LogP contribution is 2.31. The lowest BCUT2D eigenvalue weighted by atomic mass is 9.95. The highest BCUT2D eigenvalue weighted by molar-refractivity contribution is 4.82. The third-order valence-corrected chi connectivity index (χ3v) is 4.70. The molecule has 1 aliphatic heterocycles. The Kier molecular flexibility index (Phi) is 5.93. The van der Waals surface area contributed by atoms with Crippen molar-refractivity contribution in [2.24, 2.45) is 11.8 Å². The molecule has 1 saturated heterocycles. The number of aliphatic hydroxyl groups is 1. The lowest BCUT2D eigenvalue weighted by Crippen LogP contribution is -2.41. The molecule has 2 aliphatic rings. The zero-order chi connectivity index (χ0) is 12.8. The van der Waals surface area contributed by atoms with E-state index in [0.717, 1.165) is 19.6 Å². The molecule has 3 nitrogen and oxygen atoms in total. The van der Waals surface area contributed by atoms with Crippen molar-refractivity contribution >= 4 is 0 Å². The second-order valence-electron chi connectivity index (χ2n) is 6.04. The minimum absolute atomic E-state index is 0.374. The third-order valence-electron chi connectivity index (χ3n) is 4.70. The van der Waals surface area contributed by atoms with Gasteiger partial charge in [0.25, 0.3) is 0 Å². The van der Waals surface area contributed by atoms with E-state index in [9.17, 15) is 5.11 Å². The Morgan fingerprint density at radius 1 is 1.22 bits per heavy atom. The fraction of sp³-hybridized carbons (Fsp3) is 1.00. The summed E-state index contributed by atoms with van der Waals surface area (Å²) in [6, 6.07) is 0.634. The fourth-order valence-corrected chi connectivity index (χ4v) is 3.53. The van der Waals surface area contributed by atoms with E-state index in [1.165, 1.54) is 38.5 Å². The van der Waals surface area contributed by atoms with Gasteiger partial charge in [-0.2, -0.15) is 0 Å². The second kappa shape index (κ2) is 7.46. The first-order valence-corrected chi connectivity index (χ1v) is 7.79. The van der Waals surface area contributed by atoms with E-state index >= 15 is 0 Å². The molecule has 1 aliphatic carbocycles. The van der Waals surface area contributed by atoms with Gasteiger partial charge in [-0.1, -0.05) is 19.8 Å². The molecule has 3 heteroatoms. The van der Waals surface area contributed by atoms with Crippen LogP contribution in [0, 0.1) is 11.8 Å². The molecule has 0 aromatic carbocycles. The van der Waals surface area contributed by atoms with Crippen LogP contribution in [0.3, 0.4) is 0 Å². The molecule has 2 N–H and O–H groups in total. The third kappa shape index (κ3) is 3.94. The second-order valence-corrected chi connectivity index (χ2v) is 6.04. The van der Waals surface area contributed by atoms with E-state index in [2.05, 4.69) is 12.2 Å². The molecule has 1 heterocycles. The maximum absolute atomic E-state index is 9.34. The lowest BCUT2D eigenvalue weighted by Gasteiger charge is -2.31. The van der Waals surface area contributed by atoms with E-state index in [4.69, 9.17) is 4.74 Å². The van der Waals surface area contributed by atoms with Crippen molar-refractivity contribution in [3.63, 3.8) is 0 Å². The molecule has 4 unspecified atom stereocenters. The van der Waals surface area contributed by atoms with Crippen LogP contribution in [0.5, 0.6) is 0 Å². The van der Waals surface area contributed by atoms with Crippen LogP contribution in [0.1, 0.15) is 51.9 Å². The summed E-state index contributed by atoms with van der Waals surface area (Å²) in [4.78, 5) is 0. The molecule has 4 atom stereocenters. The number of aliphatic hydroxyl groups excluding tert-OH is 1. The summed E-state index contributed by atoms with van der Waals surface area (Å²) in [7, 11) is 0. The Morgan fingerprint density at radius 2 is 2.06 bits per heavy atom. The predicted octanol–water partition coefficient (Wildman–Crippen LogP) is 2.33. The first kappa shape index (κ1) is 14.3. The number of hydrogen-bond donors (Lipinski definition) is 2. The number of nitrogens with one attached hydrogen (secondary N) is 1. The van der Waals surface area contributed by atoms with Gasteiger partial charge in [-0.25, -0.2) is 0 Å². The normalized spacial score (nSPS) is 37.0. The van der Waals surface area contributed by atoms with E-state index in [0.29, 0.717) is 30.6 Å². The maximum atomic E-state index is 9.34. The number of ether oxygens (including phenoxy) is 1. The van der Waals surface area contributed by atoms with Crippen molar-refractivity contribution in [1.82, 2.24) is 5.32 Å². The molecular formula is C15H29NO2. The monoisotopic (exact) mass is 255 g/mol. The Balaban J connectivity index is 1.69. The van der Waals surface area contributed by atoms with Gasteiger partial charge in [-0.15, -0.1) is 0 Å². The van der Waals surface area contributed by atoms with Crippen molar-refractivity contribution in [3.05, 3.63) is 0 Å². The van der Waals surface area contributed by atoms with E-state index in [-0.39, 0.29) is 0 Å². The van der Waals surface area contributed by atoms with Gasteiger partial charge < -0.3 is 15.2 Å². The summed E-state index contributed by atoms with van der Waals surface area (Å²) in [5, 5.41) is 13.1. The summed E-state index contributed by atoms with van der Waals surface area (Å²) >= 11 is 0. The summed E-state index contributed by atoms with van der Waals surface area (Å²) < 4.78 is 5.78. The van der Waals surface area contributed by atoms with Crippen molar-refractivity contribution in [1.29, 1.82) is 0 Å². The van der Waals surface area contributed by atoms with Crippen LogP contribution in [0.2, 0.25) is 0 Å². The average Bonchev–Trinajstić information content (AvgIpc) is 2.84. The molecule has 0 bridgehead atoms. The van der Waals surface area contributed by atoms with Gasteiger partial charge in [0.15, 0.2) is 0 Å². The molecule has 0 aromatic heterocycles. The molecule has 0 amide bonds. The SMILES string of the molecule is CCCC1CC(NCC2CCCC2CO)CCO1. The Labute approximate surface area is 111 Å². The van der Waals surface area contributed by atoms with Crippen LogP contribution in [0.25, 0.3) is 0 Å². The lowest BCUT2D eigenvalue weighted by molar-refractivity contribution is -0.00411. The molecular weight excluding hydrogens is 226 g/mol. The smallest absolute Gasteiger partial charge is 0.0589 e. The van der Waals surface area contributed by atoms with Gasteiger partial charge >= 0.3 is 0 Å². The van der Waals surface area contributed by atoms with Crippen LogP contribution in [0.4, 0.5) is 0 Å². The molecule has 1 saturated carbocycles. The van der Waals surface area contributed by atoms with Gasteiger partial charge in [0.1, 0.15) is 0 Å².